The van der Waals surface area contributed by atoms with Crippen LogP contribution in [-0.2, 0) is 30.9 Å². The smallest absolute Gasteiger partial charge is 0.416 e. The van der Waals surface area contributed by atoms with Crippen molar-refractivity contribution >= 4 is 96.6 Å². The summed E-state index contributed by atoms with van der Waals surface area (Å²) in [4.78, 5) is 79.6. The van der Waals surface area contributed by atoms with Crippen molar-refractivity contribution in [3.05, 3.63) is 304 Å². The number of methoxy groups -OCH3 is 2. The van der Waals surface area contributed by atoms with Crippen molar-refractivity contribution in [2.45, 2.75) is 65.5 Å². The number of aromatic nitrogens is 20. The Kier molecular flexibility index (Phi) is 28.3. The molecule has 0 fully saturated rings. The van der Waals surface area contributed by atoms with Gasteiger partial charge in [0, 0.05) is 48.0 Å². The van der Waals surface area contributed by atoms with Gasteiger partial charge in [-0.15, -0.1) is 35.7 Å². The molecule has 7 N–H and O–H groups in total. The van der Waals surface area contributed by atoms with Gasteiger partial charge in [0.1, 0.15) is 22.8 Å². The Morgan fingerprint density at radius 2 is 0.730 bits per heavy atom. The van der Waals surface area contributed by atoms with Crippen LogP contribution < -0.4 is 36.9 Å². The number of halogens is 15. The van der Waals surface area contributed by atoms with Crippen LogP contribution in [0.25, 0.3) is 90.0 Å². The molecule has 0 saturated heterocycles. The van der Waals surface area contributed by atoms with Gasteiger partial charge in [0.25, 0.3) is 5.91 Å². The molecule has 0 aliphatic rings. The number of nitrogen functional groups attached to an aromatic ring is 1. The molecule has 17 rings (SSSR count). The number of carbonyl (C=O) groups is 4. The van der Waals surface area contributed by atoms with Crippen LogP contribution in [0.4, 0.5) is 106 Å². The Balaban J connectivity index is 0.000000146. The lowest BCUT2D eigenvalue weighted by molar-refractivity contribution is -0.138. The molecule has 0 atom stereocenters. The number of primary amides is 1. The van der Waals surface area contributed by atoms with Crippen LogP contribution in [0.3, 0.4) is 0 Å². The molecular formula is C90H65F15N26O6. The molecule has 0 aliphatic heterocycles. The average Bonchev–Trinajstić information content (AvgIpc) is 1.62. The number of ketones is 2. The maximum atomic E-state index is 13.2. The average molecular weight is 1890 g/mol. The number of hydrogen-bond donors (Lipinski definition) is 5. The van der Waals surface area contributed by atoms with Crippen molar-refractivity contribution < 1.29 is 94.5 Å². The molecule has 17 aromatic rings. The minimum Gasteiger partial charge on any atom is -0.480 e. The molecular weight excluding hydrogens is 1830 g/mol. The van der Waals surface area contributed by atoms with Crippen LogP contribution in [-0.4, -0.2) is 137 Å². The van der Waals surface area contributed by atoms with Crippen LogP contribution in [0.5, 0.6) is 11.8 Å². The molecule has 0 radical (unpaired) electrons. The number of rotatable bonds is 17. The van der Waals surface area contributed by atoms with Crippen molar-refractivity contribution in [3.63, 3.8) is 0 Å². The summed E-state index contributed by atoms with van der Waals surface area (Å²) >= 11 is 0. The number of imidazole rings is 3. The lowest BCUT2D eigenvalue weighted by Gasteiger charge is -2.15. The number of nitrogens with two attached hydrogens (primary N) is 2. The lowest BCUT2D eigenvalue weighted by atomic mass is 10.1. The molecule has 0 unspecified atom stereocenters. The lowest BCUT2D eigenvalue weighted by Crippen LogP contribution is -2.16. The molecule has 0 spiro atoms. The van der Waals surface area contributed by atoms with Crippen LogP contribution in [0.1, 0.15) is 100 Å². The van der Waals surface area contributed by atoms with Gasteiger partial charge in [-0.1, -0.05) is 6.07 Å². The van der Waals surface area contributed by atoms with E-state index in [1.54, 1.807) is 107 Å². The van der Waals surface area contributed by atoms with Crippen molar-refractivity contribution in [3.8, 4) is 63.8 Å². The number of anilines is 6. The monoisotopic (exact) mass is 1890 g/mol. The van der Waals surface area contributed by atoms with Gasteiger partial charge < -0.3 is 36.9 Å². The fraction of sp³-hybridized carbons (Fsp3) is 0.133. The SMILES string of the molecule is CC(=O)c1ccc(-c2nc3cc(C(F)(F)F)ccc3n2-c2ccc(C)nn2)nc1.COc1ccc(Nc2ccc(C(F)(F)F)cc2N)nn1.COc1ccc(Nc2ccc(C(F)(F)F)cc2NC(=O)c2ccc(C(C)=O)cn2)nn1.Cc1ccc(-n2c(-c3ccc(C(N)=O)cn3)nc3cc(C(F)(F)F)ccc32)nn1.[C-]#[N+]c1ccc(-c2nc3cc(C(F)(F)F)ccc3n2-c2ccc(C)nn2)nc1. The molecule has 0 saturated carbocycles. The highest BCUT2D eigenvalue weighted by molar-refractivity contribution is 6.05. The van der Waals surface area contributed by atoms with E-state index in [2.05, 4.69) is 107 Å². The zero-order chi connectivity index (χ0) is 98.8. The topological polar surface area (TPSA) is 413 Å². The van der Waals surface area contributed by atoms with Crippen molar-refractivity contribution in [2.75, 3.05) is 35.9 Å². The zero-order valence-electron chi connectivity index (χ0n) is 71.5. The number of aryl methyl sites for hydroxylation is 3. The first-order chi connectivity index (χ1) is 64.9. The fourth-order valence-corrected chi connectivity index (χ4v) is 12.5. The Labute approximate surface area is 762 Å². The Hall–Kier alpha value is -17.8. The number of Topliss-reactive ketones (excluding diaryl/α,β-unsaturated/α-hetero) is 2. The highest BCUT2D eigenvalue weighted by Gasteiger charge is 2.37. The van der Waals surface area contributed by atoms with E-state index in [1.807, 2.05) is 0 Å². The number of fused-ring (bicyclic) bond motifs is 3. The van der Waals surface area contributed by atoms with E-state index in [-0.39, 0.29) is 74.0 Å². The molecule has 137 heavy (non-hydrogen) atoms. The summed E-state index contributed by atoms with van der Waals surface area (Å²) in [5, 5.41) is 47.6. The molecule has 5 aromatic carbocycles. The highest BCUT2D eigenvalue weighted by atomic mass is 19.4. The predicted octanol–water partition coefficient (Wildman–Crippen LogP) is 19.4. The largest absolute Gasteiger partial charge is 0.480 e. The van der Waals surface area contributed by atoms with E-state index in [4.69, 9.17) is 27.5 Å². The van der Waals surface area contributed by atoms with Crippen molar-refractivity contribution in [1.82, 2.24) is 99.6 Å². The molecule has 2 amide bonds. The third kappa shape index (κ3) is 23.4. The Morgan fingerprint density at radius 1 is 0.372 bits per heavy atom. The quantitative estimate of drug-likeness (QED) is 0.0245. The minimum absolute atomic E-state index is 0.0301. The number of nitrogens with zero attached hydrogens (tertiary/aromatic N) is 21. The van der Waals surface area contributed by atoms with E-state index >= 15 is 0 Å². The van der Waals surface area contributed by atoms with Gasteiger partial charge in [-0.25, -0.2) is 19.8 Å². The third-order valence-electron chi connectivity index (χ3n) is 19.4. The number of nitrogens with one attached hydrogen (secondary N) is 3. The zero-order valence-corrected chi connectivity index (χ0v) is 71.5. The van der Waals surface area contributed by atoms with Gasteiger partial charge in [-0.2, -0.15) is 81.2 Å². The molecule has 12 heterocycles. The summed E-state index contributed by atoms with van der Waals surface area (Å²) in [7, 11) is 2.86. The van der Waals surface area contributed by atoms with E-state index in [0.717, 1.165) is 66.7 Å². The molecule has 696 valence electrons. The first-order valence-electron chi connectivity index (χ1n) is 39.5. The van der Waals surface area contributed by atoms with E-state index in [1.165, 1.54) is 114 Å². The number of ether oxygens (including phenoxy) is 2. The Morgan fingerprint density at radius 3 is 1.04 bits per heavy atom. The van der Waals surface area contributed by atoms with Crippen LogP contribution in [0.2, 0.25) is 0 Å². The second-order valence-electron chi connectivity index (χ2n) is 29.0. The number of benzene rings is 5. The van der Waals surface area contributed by atoms with Crippen LogP contribution >= 0.6 is 0 Å². The number of carbonyl (C=O) groups excluding carboxylic acids is 4. The number of amides is 2. The van der Waals surface area contributed by atoms with Gasteiger partial charge in [-0.3, -0.25) is 52.8 Å². The number of hydrogen-bond acceptors (Lipinski definition) is 26. The Bertz CT molecular complexity index is 7140. The predicted molar refractivity (Wildman–Crippen MR) is 467 cm³/mol. The van der Waals surface area contributed by atoms with Crippen molar-refractivity contribution in [1.29, 1.82) is 0 Å². The minimum atomic E-state index is -4.61. The van der Waals surface area contributed by atoms with Gasteiger partial charge >= 0.3 is 30.9 Å². The van der Waals surface area contributed by atoms with Gasteiger partial charge in [-0.05, 0) is 217 Å². The third-order valence-corrected chi connectivity index (χ3v) is 19.4. The summed E-state index contributed by atoms with van der Waals surface area (Å²) in [5.41, 5.74) is 13.1. The number of pyridine rings is 4. The van der Waals surface area contributed by atoms with E-state index in [9.17, 15) is 85.0 Å². The maximum Gasteiger partial charge on any atom is 0.416 e. The molecule has 0 bridgehead atoms. The fourth-order valence-electron chi connectivity index (χ4n) is 12.5. The first-order valence-corrected chi connectivity index (χ1v) is 39.5. The van der Waals surface area contributed by atoms with Gasteiger partial charge in [0.2, 0.25) is 23.4 Å². The van der Waals surface area contributed by atoms with Gasteiger partial charge in [0.05, 0.1) is 127 Å². The number of alkyl halides is 15. The normalized spacial score (nSPS) is 11.5. The molecule has 32 nitrogen and oxygen atoms in total. The first kappa shape index (κ1) is 96.8. The summed E-state index contributed by atoms with van der Waals surface area (Å²) in [5.74, 6) is 1.42. The highest BCUT2D eigenvalue weighted by Crippen LogP contribution is 2.41. The summed E-state index contributed by atoms with van der Waals surface area (Å²) in [6, 6.07) is 44.3. The molecule has 47 heteroatoms. The van der Waals surface area contributed by atoms with E-state index in [0.29, 0.717) is 114 Å². The summed E-state index contributed by atoms with van der Waals surface area (Å²) in [6.07, 6.45) is -17.2. The standard InChI is InChI=1S/C20H16F3N5O3.C20H14F3N5O.C19H13F3N6O.C19H11F3N6.C12H11F3N4O/c1-11(29)12-3-5-15(24-10-12)19(30)26-16-9-13(20(21,22)23)4-6-14(16)25-17-7-8-18(31-2)28-27-17;1-11-3-8-18(27-26-11)28-17-7-5-14(20(21,22)23)9-16(17)25-19(28)15-6-4-13(10-24-15)12(2)29;1-10-2-7-16(27-26-10)28-15-6-4-12(19(20,21)22)8-14(15)25-18(28)13-5-3-11(9-24-13)17(23)29;1-11-3-8-17(27-26-11)28-16-7-4-12(19(20,21)22)9-15(16)25-18(28)14-6-5-13(23-2)10-24-14;1-20-11-5-4-10(18-19-11)17-9-3-2-7(6-8(9)16)12(13,14)15/h3-10H,1-2H3,(H,25,27)(H,26,30);3-10H,1-2H3;2-9H,1H3,(H2,23,29);3-10H,1H3;2-6H,16H2,1H3,(H,17,18). The summed E-state index contributed by atoms with van der Waals surface area (Å²) < 4.78 is 210. The molecule has 12 aromatic heterocycles. The van der Waals surface area contributed by atoms with Gasteiger partial charge in [0.15, 0.2) is 58.1 Å². The van der Waals surface area contributed by atoms with Crippen LogP contribution in [0, 0.1) is 27.3 Å². The van der Waals surface area contributed by atoms with Crippen molar-refractivity contribution in [2.24, 2.45) is 5.73 Å². The second-order valence-corrected chi connectivity index (χ2v) is 29.0. The second kappa shape index (κ2) is 40.1. The maximum absolute atomic E-state index is 13.2. The van der Waals surface area contributed by atoms with E-state index < -0.39 is 70.5 Å². The summed E-state index contributed by atoms with van der Waals surface area (Å²) in [6.45, 7) is 15.1. The molecule has 0 aliphatic carbocycles. The van der Waals surface area contributed by atoms with Crippen LogP contribution in [0.15, 0.2) is 225 Å².